The number of anilines is 1. The Morgan fingerprint density at radius 1 is 1.19 bits per heavy atom. The lowest BCUT2D eigenvalue weighted by atomic mass is 10.1. The van der Waals surface area contributed by atoms with Gasteiger partial charge in [0.05, 0.1) is 13.7 Å². The second-order valence-corrected chi connectivity index (χ2v) is 7.31. The smallest absolute Gasteiger partial charge is 0.317 e. The summed E-state index contributed by atoms with van der Waals surface area (Å²) in [5.74, 6) is 1.41. The van der Waals surface area contributed by atoms with Gasteiger partial charge in [-0.1, -0.05) is 6.07 Å². The predicted octanol–water partition coefficient (Wildman–Crippen LogP) is 1.50. The van der Waals surface area contributed by atoms with E-state index in [4.69, 9.17) is 9.47 Å². The Labute approximate surface area is 162 Å². The molecule has 0 spiro atoms. The number of piperazine rings is 1. The average molecular weight is 377 g/mol. The van der Waals surface area contributed by atoms with E-state index in [2.05, 4.69) is 21.2 Å². The van der Waals surface area contributed by atoms with Gasteiger partial charge in [0, 0.05) is 64.7 Å². The van der Waals surface area contributed by atoms with Crippen molar-refractivity contribution in [1.29, 1.82) is 0 Å². The number of rotatable bonds is 7. The fraction of sp³-hybridized carbons (Fsp3) is 0.650. The molecule has 2 fully saturated rings. The number of hydrogen-bond acceptors (Lipinski definition) is 5. The molecule has 1 N–H and O–H groups in total. The summed E-state index contributed by atoms with van der Waals surface area (Å²) in [5, 5.41) is 3.13. The van der Waals surface area contributed by atoms with E-state index in [9.17, 15) is 4.79 Å². The number of carbonyl (C=O) groups excluding carboxylic acids is 1. The van der Waals surface area contributed by atoms with E-state index in [1.54, 1.807) is 14.2 Å². The molecular formula is C20H32N4O3. The summed E-state index contributed by atoms with van der Waals surface area (Å²) in [6, 6.07) is 8.16. The summed E-state index contributed by atoms with van der Waals surface area (Å²) in [4.78, 5) is 19.1. The van der Waals surface area contributed by atoms with Gasteiger partial charge in [0.2, 0.25) is 0 Å². The Morgan fingerprint density at radius 2 is 2.00 bits per heavy atom. The van der Waals surface area contributed by atoms with Gasteiger partial charge in [0.25, 0.3) is 0 Å². The molecule has 2 amide bonds. The zero-order chi connectivity index (χ0) is 19.1. The van der Waals surface area contributed by atoms with E-state index in [1.165, 1.54) is 0 Å². The molecule has 1 aromatic rings. The number of nitrogens with zero attached hydrogens (tertiary/aromatic N) is 3. The number of hydrogen-bond donors (Lipinski definition) is 1. The highest BCUT2D eigenvalue weighted by Gasteiger charge is 2.25. The Bertz CT molecular complexity index is 605. The molecule has 27 heavy (non-hydrogen) atoms. The van der Waals surface area contributed by atoms with Crippen molar-refractivity contribution in [2.24, 2.45) is 5.92 Å². The first-order valence-electron chi connectivity index (χ1n) is 9.82. The van der Waals surface area contributed by atoms with Crippen molar-refractivity contribution in [2.75, 3.05) is 78.1 Å². The molecule has 0 bridgehead atoms. The van der Waals surface area contributed by atoms with Crippen molar-refractivity contribution in [3.05, 3.63) is 24.3 Å². The Morgan fingerprint density at radius 3 is 2.74 bits per heavy atom. The van der Waals surface area contributed by atoms with Crippen LogP contribution in [0.1, 0.15) is 6.42 Å². The summed E-state index contributed by atoms with van der Waals surface area (Å²) in [7, 11) is 3.42. The molecule has 2 saturated heterocycles. The third kappa shape index (κ3) is 5.49. The lowest BCUT2D eigenvalue weighted by Crippen LogP contribution is -2.52. The first kappa shape index (κ1) is 19.8. The standard InChI is InChI=1S/C20H32N4O3/c1-26-13-12-22-7-6-17(16-22)15-21-20(25)24-10-8-23(9-11-24)18-4-3-5-19(14-18)27-2/h3-5,14,17H,6-13,15-16H2,1-2H3,(H,21,25)/t17-/m1/s1. The van der Waals surface area contributed by atoms with Crippen LogP contribution in [-0.4, -0.2) is 89.0 Å². The molecule has 0 aliphatic carbocycles. The summed E-state index contributed by atoms with van der Waals surface area (Å²) < 4.78 is 10.4. The number of nitrogens with one attached hydrogen (secondary N) is 1. The van der Waals surface area contributed by atoms with Crippen LogP contribution in [0.25, 0.3) is 0 Å². The normalized spacial score (nSPS) is 20.7. The molecule has 7 nitrogen and oxygen atoms in total. The molecule has 2 aliphatic heterocycles. The van der Waals surface area contributed by atoms with Crippen molar-refractivity contribution < 1.29 is 14.3 Å². The molecule has 1 atom stereocenters. The molecule has 2 aliphatic rings. The van der Waals surface area contributed by atoms with Crippen LogP contribution in [0.4, 0.5) is 10.5 Å². The van der Waals surface area contributed by atoms with Gasteiger partial charge in [-0.05, 0) is 31.0 Å². The van der Waals surface area contributed by atoms with Crippen LogP contribution in [0.3, 0.4) is 0 Å². The Kier molecular flexibility index (Phi) is 7.18. The van der Waals surface area contributed by atoms with Crippen molar-refractivity contribution >= 4 is 11.7 Å². The summed E-state index contributed by atoms with van der Waals surface area (Å²) in [6.07, 6.45) is 1.15. The van der Waals surface area contributed by atoms with Crippen LogP contribution in [0.2, 0.25) is 0 Å². The molecule has 0 aromatic heterocycles. The molecule has 0 saturated carbocycles. The number of ether oxygens (including phenoxy) is 2. The highest BCUT2D eigenvalue weighted by Crippen LogP contribution is 2.22. The maximum Gasteiger partial charge on any atom is 0.317 e. The summed E-state index contributed by atoms with van der Waals surface area (Å²) in [5.41, 5.74) is 1.15. The van der Waals surface area contributed by atoms with Crippen molar-refractivity contribution in [3.63, 3.8) is 0 Å². The largest absolute Gasteiger partial charge is 0.497 e. The number of benzene rings is 1. The fourth-order valence-corrected chi connectivity index (χ4v) is 3.82. The Balaban J connectivity index is 1.38. The highest BCUT2D eigenvalue weighted by atomic mass is 16.5. The lowest BCUT2D eigenvalue weighted by Gasteiger charge is -2.36. The number of likely N-dealkylation sites (tertiary alicyclic amines) is 1. The first-order valence-corrected chi connectivity index (χ1v) is 9.82. The molecule has 3 rings (SSSR count). The third-order valence-corrected chi connectivity index (χ3v) is 5.51. The summed E-state index contributed by atoms with van der Waals surface area (Å²) in [6.45, 7) is 7.84. The molecule has 7 heteroatoms. The van der Waals surface area contributed by atoms with Gasteiger partial charge in [-0.25, -0.2) is 4.79 Å². The van der Waals surface area contributed by atoms with Crippen LogP contribution >= 0.6 is 0 Å². The van der Waals surface area contributed by atoms with Crippen LogP contribution in [0, 0.1) is 5.92 Å². The minimum atomic E-state index is 0.0654. The molecule has 0 unspecified atom stereocenters. The zero-order valence-electron chi connectivity index (χ0n) is 16.5. The maximum atomic E-state index is 12.5. The minimum Gasteiger partial charge on any atom is -0.497 e. The molecule has 2 heterocycles. The lowest BCUT2D eigenvalue weighted by molar-refractivity contribution is 0.158. The van der Waals surface area contributed by atoms with Gasteiger partial charge in [0.1, 0.15) is 5.75 Å². The van der Waals surface area contributed by atoms with Gasteiger partial charge in [-0.2, -0.15) is 0 Å². The maximum absolute atomic E-state index is 12.5. The molecule has 0 radical (unpaired) electrons. The van der Waals surface area contributed by atoms with Crippen molar-refractivity contribution in [1.82, 2.24) is 15.1 Å². The van der Waals surface area contributed by atoms with Crippen LogP contribution < -0.4 is 15.0 Å². The first-order chi connectivity index (χ1) is 13.2. The average Bonchev–Trinajstić information content (AvgIpc) is 3.18. The Hall–Kier alpha value is -1.99. The quantitative estimate of drug-likeness (QED) is 0.782. The van der Waals surface area contributed by atoms with Crippen LogP contribution in [0.5, 0.6) is 5.75 Å². The summed E-state index contributed by atoms with van der Waals surface area (Å²) >= 11 is 0. The van der Waals surface area contributed by atoms with E-state index in [0.29, 0.717) is 5.92 Å². The zero-order valence-corrected chi connectivity index (χ0v) is 16.5. The third-order valence-electron chi connectivity index (χ3n) is 5.51. The highest BCUT2D eigenvalue weighted by molar-refractivity contribution is 5.74. The van der Waals surface area contributed by atoms with Gasteiger partial charge < -0.3 is 29.5 Å². The number of methoxy groups -OCH3 is 2. The monoisotopic (exact) mass is 376 g/mol. The van der Waals surface area contributed by atoms with E-state index in [-0.39, 0.29) is 6.03 Å². The van der Waals surface area contributed by atoms with Gasteiger partial charge in [-0.3, -0.25) is 0 Å². The molecule has 150 valence electrons. The van der Waals surface area contributed by atoms with Gasteiger partial charge >= 0.3 is 6.03 Å². The number of amides is 2. The second kappa shape index (κ2) is 9.80. The molecule has 1 aromatic carbocycles. The SMILES string of the molecule is COCCN1CC[C@H](CNC(=O)N2CCN(c3cccc(OC)c3)CC2)C1. The van der Waals surface area contributed by atoms with Crippen molar-refractivity contribution in [2.45, 2.75) is 6.42 Å². The van der Waals surface area contributed by atoms with E-state index in [0.717, 1.165) is 76.8 Å². The molecular weight excluding hydrogens is 344 g/mol. The van der Waals surface area contributed by atoms with E-state index < -0.39 is 0 Å². The predicted molar refractivity (Wildman–Crippen MR) is 107 cm³/mol. The minimum absolute atomic E-state index is 0.0654. The van der Waals surface area contributed by atoms with E-state index in [1.807, 2.05) is 23.1 Å². The van der Waals surface area contributed by atoms with Gasteiger partial charge in [0.15, 0.2) is 0 Å². The van der Waals surface area contributed by atoms with E-state index >= 15 is 0 Å². The van der Waals surface area contributed by atoms with Crippen LogP contribution in [0.15, 0.2) is 24.3 Å². The fourth-order valence-electron chi connectivity index (χ4n) is 3.82. The second-order valence-electron chi connectivity index (χ2n) is 7.31. The van der Waals surface area contributed by atoms with Crippen LogP contribution in [-0.2, 0) is 4.74 Å². The topological polar surface area (TPSA) is 57.3 Å². The number of urea groups is 1. The van der Waals surface area contributed by atoms with Gasteiger partial charge in [-0.15, -0.1) is 0 Å². The number of carbonyl (C=O) groups is 1. The van der Waals surface area contributed by atoms with Crippen molar-refractivity contribution in [3.8, 4) is 5.75 Å².